The normalized spacial score (nSPS) is 16.9. The van der Waals surface area contributed by atoms with Gasteiger partial charge in [0.1, 0.15) is 6.61 Å². The Bertz CT molecular complexity index is 529. The third-order valence-electron chi connectivity index (χ3n) is 3.26. The maximum atomic E-state index is 5.76. The van der Waals surface area contributed by atoms with Crippen LogP contribution in [0.5, 0.6) is 0 Å². The highest BCUT2D eigenvalue weighted by molar-refractivity contribution is 5.50. The molecule has 102 valence electrons. The van der Waals surface area contributed by atoms with E-state index in [0.717, 1.165) is 31.5 Å². The van der Waals surface area contributed by atoms with Crippen LogP contribution in [-0.4, -0.2) is 29.3 Å². The summed E-state index contributed by atoms with van der Waals surface area (Å²) in [4.78, 5) is 4.29. The van der Waals surface area contributed by atoms with Gasteiger partial charge in [0, 0.05) is 0 Å². The van der Waals surface area contributed by atoms with Gasteiger partial charge >= 0.3 is 0 Å². The molecule has 6 heteroatoms. The minimum absolute atomic E-state index is 0.280. The summed E-state index contributed by atoms with van der Waals surface area (Å²) in [6.07, 6.45) is 3.95. The molecule has 0 unspecified atom stereocenters. The molecule has 2 aromatic rings. The third kappa shape index (κ3) is 2.85. The molecule has 0 spiro atoms. The van der Waals surface area contributed by atoms with Gasteiger partial charge in [-0.3, -0.25) is 0 Å². The Morgan fingerprint density at radius 2 is 2.26 bits per heavy atom. The molecular formula is C13H17N3O3. The van der Waals surface area contributed by atoms with Crippen LogP contribution in [0.1, 0.15) is 24.3 Å². The van der Waals surface area contributed by atoms with Crippen molar-refractivity contribution in [2.24, 2.45) is 0 Å². The lowest BCUT2D eigenvalue weighted by atomic mass is 10.1. The van der Waals surface area contributed by atoms with Crippen molar-refractivity contribution in [3.8, 4) is 11.6 Å². The fourth-order valence-electron chi connectivity index (χ4n) is 2.16. The largest absolute Gasteiger partial charge is 0.461 e. The number of piperidine rings is 1. The first-order valence-electron chi connectivity index (χ1n) is 6.52. The highest BCUT2D eigenvalue weighted by atomic mass is 16.5. The van der Waals surface area contributed by atoms with E-state index in [2.05, 4.69) is 15.5 Å². The summed E-state index contributed by atoms with van der Waals surface area (Å²) in [6.45, 7) is 4.31. The monoisotopic (exact) mass is 263 g/mol. The molecule has 19 heavy (non-hydrogen) atoms. The molecule has 0 aliphatic carbocycles. The molecule has 0 radical (unpaired) electrons. The van der Waals surface area contributed by atoms with E-state index in [4.69, 9.17) is 13.7 Å². The van der Waals surface area contributed by atoms with Gasteiger partial charge in [-0.15, -0.1) is 0 Å². The van der Waals surface area contributed by atoms with E-state index in [0.29, 0.717) is 24.1 Å². The number of aryl methyl sites for hydroxylation is 1. The minimum Gasteiger partial charge on any atom is -0.461 e. The summed E-state index contributed by atoms with van der Waals surface area (Å²) in [5.74, 6) is 1.62. The number of nitrogens with zero attached hydrogens (tertiary/aromatic N) is 2. The zero-order chi connectivity index (χ0) is 13.1. The molecular weight excluding hydrogens is 246 g/mol. The van der Waals surface area contributed by atoms with Crippen LogP contribution in [0.25, 0.3) is 11.6 Å². The van der Waals surface area contributed by atoms with Crippen LogP contribution in [0.3, 0.4) is 0 Å². The summed E-state index contributed by atoms with van der Waals surface area (Å²) in [5, 5.41) is 7.21. The summed E-state index contributed by atoms with van der Waals surface area (Å²) >= 11 is 0. The smallest absolute Gasteiger partial charge is 0.253 e. The summed E-state index contributed by atoms with van der Waals surface area (Å²) in [7, 11) is 0. The summed E-state index contributed by atoms with van der Waals surface area (Å²) in [5.41, 5.74) is 0.992. The number of rotatable bonds is 4. The van der Waals surface area contributed by atoms with E-state index in [1.165, 1.54) is 0 Å². The fourth-order valence-corrected chi connectivity index (χ4v) is 2.16. The number of hydrogen-bond donors (Lipinski definition) is 1. The molecule has 1 N–H and O–H groups in total. The zero-order valence-electron chi connectivity index (χ0n) is 10.9. The molecule has 0 amide bonds. The Labute approximate surface area is 111 Å². The molecule has 0 atom stereocenters. The molecule has 1 aliphatic rings. The summed E-state index contributed by atoms with van der Waals surface area (Å²) in [6, 6.07) is 1.87. The first kappa shape index (κ1) is 12.4. The van der Waals surface area contributed by atoms with E-state index < -0.39 is 0 Å². The maximum Gasteiger partial charge on any atom is 0.253 e. The van der Waals surface area contributed by atoms with E-state index in [9.17, 15) is 0 Å². The minimum atomic E-state index is 0.280. The van der Waals surface area contributed by atoms with Gasteiger partial charge < -0.3 is 19.0 Å². The van der Waals surface area contributed by atoms with Crippen LogP contribution in [0.15, 0.2) is 21.3 Å². The molecule has 3 heterocycles. The summed E-state index contributed by atoms with van der Waals surface area (Å²) < 4.78 is 16.3. The molecule has 1 aliphatic heterocycles. The number of furan rings is 1. The second kappa shape index (κ2) is 5.54. The number of hydrogen-bond acceptors (Lipinski definition) is 6. The van der Waals surface area contributed by atoms with E-state index >= 15 is 0 Å². The lowest BCUT2D eigenvalue weighted by molar-refractivity contribution is 0.00859. The van der Waals surface area contributed by atoms with Crippen LogP contribution >= 0.6 is 0 Å². The lowest BCUT2D eigenvalue weighted by Crippen LogP contribution is -2.32. The lowest BCUT2D eigenvalue weighted by Gasteiger charge is -2.21. The average Bonchev–Trinajstić information content (AvgIpc) is 3.06. The van der Waals surface area contributed by atoms with Gasteiger partial charge in [0.05, 0.1) is 12.4 Å². The molecule has 1 fully saturated rings. The predicted octanol–water partition coefficient (Wildman–Crippen LogP) is 1.91. The topological polar surface area (TPSA) is 73.3 Å². The molecule has 0 saturated carbocycles. The van der Waals surface area contributed by atoms with Crippen molar-refractivity contribution in [1.82, 2.24) is 15.5 Å². The number of aromatic nitrogens is 2. The number of nitrogens with one attached hydrogen (secondary N) is 1. The van der Waals surface area contributed by atoms with Crippen LogP contribution in [0, 0.1) is 6.92 Å². The second-order valence-electron chi connectivity index (χ2n) is 4.70. The molecule has 6 nitrogen and oxygen atoms in total. The first-order chi connectivity index (χ1) is 9.33. The van der Waals surface area contributed by atoms with Gasteiger partial charge in [-0.25, -0.2) is 0 Å². The third-order valence-corrected chi connectivity index (χ3v) is 3.26. The van der Waals surface area contributed by atoms with E-state index in [1.807, 2.05) is 13.0 Å². The molecule has 2 aromatic heterocycles. The van der Waals surface area contributed by atoms with Crippen molar-refractivity contribution < 1.29 is 13.7 Å². The van der Waals surface area contributed by atoms with Crippen molar-refractivity contribution in [3.63, 3.8) is 0 Å². The van der Waals surface area contributed by atoms with Gasteiger partial charge in [0.2, 0.25) is 5.82 Å². The van der Waals surface area contributed by atoms with Gasteiger partial charge in [-0.2, -0.15) is 4.98 Å². The van der Waals surface area contributed by atoms with Crippen molar-refractivity contribution in [2.75, 3.05) is 13.1 Å². The fraction of sp³-hybridized carbons (Fsp3) is 0.538. The molecule has 0 bridgehead atoms. The molecule has 1 saturated heterocycles. The van der Waals surface area contributed by atoms with E-state index in [1.54, 1.807) is 6.26 Å². The van der Waals surface area contributed by atoms with Crippen molar-refractivity contribution >= 4 is 0 Å². The Hall–Kier alpha value is -1.66. The molecule has 0 aromatic carbocycles. The van der Waals surface area contributed by atoms with Crippen molar-refractivity contribution in [3.05, 3.63) is 23.8 Å². The van der Waals surface area contributed by atoms with Gasteiger partial charge in [0.15, 0.2) is 5.76 Å². The quantitative estimate of drug-likeness (QED) is 0.908. The van der Waals surface area contributed by atoms with Crippen molar-refractivity contribution in [1.29, 1.82) is 0 Å². The highest BCUT2D eigenvalue weighted by Gasteiger charge is 2.17. The predicted molar refractivity (Wildman–Crippen MR) is 67.4 cm³/mol. The Morgan fingerprint density at radius 3 is 3.00 bits per heavy atom. The van der Waals surface area contributed by atoms with Crippen LogP contribution in [0.4, 0.5) is 0 Å². The first-order valence-corrected chi connectivity index (χ1v) is 6.52. The van der Waals surface area contributed by atoms with Gasteiger partial charge in [0.25, 0.3) is 5.89 Å². The Balaban J connectivity index is 1.60. The van der Waals surface area contributed by atoms with Crippen LogP contribution in [0.2, 0.25) is 0 Å². The zero-order valence-corrected chi connectivity index (χ0v) is 10.9. The number of ether oxygens (including phenoxy) is 1. The Morgan fingerprint density at radius 1 is 1.42 bits per heavy atom. The SMILES string of the molecule is Cc1ccoc1-c1noc(COC2CCNCC2)n1. The standard InChI is InChI=1S/C13H17N3O3/c1-9-4-7-17-12(9)13-15-11(19-16-13)8-18-10-2-5-14-6-3-10/h4,7,10,14H,2-3,5-6,8H2,1H3. The van der Waals surface area contributed by atoms with Crippen molar-refractivity contribution in [2.45, 2.75) is 32.5 Å². The Kier molecular flexibility index (Phi) is 3.61. The highest BCUT2D eigenvalue weighted by Crippen LogP contribution is 2.21. The van der Waals surface area contributed by atoms with Crippen LogP contribution < -0.4 is 5.32 Å². The second-order valence-corrected chi connectivity index (χ2v) is 4.70. The molecule has 3 rings (SSSR count). The van der Waals surface area contributed by atoms with Gasteiger partial charge in [-0.1, -0.05) is 5.16 Å². The maximum absolute atomic E-state index is 5.76. The van der Waals surface area contributed by atoms with Gasteiger partial charge in [-0.05, 0) is 44.5 Å². The average molecular weight is 263 g/mol. The van der Waals surface area contributed by atoms with Crippen LogP contribution in [-0.2, 0) is 11.3 Å². The van der Waals surface area contributed by atoms with E-state index in [-0.39, 0.29) is 6.10 Å².